The Kier molecular flexibility index (Phi) is 4.51. The molecule has 1 aliphatic rings. The summed E-state index contributed by atoms with van der Waals surface area (Å²) in [6.45, 7) is 3.66. The highest BCUT2D eigenvalue weighted by molar-refractivity contribution is 5.17. The maximum Gasteiger partial charge on any atom is 0.183 e. The SMILES string of the molecule is CCCCC1COC(c2ccc(F)cc2)OC1. The molecule has 1 fully saturated rings. The van der Waals surface area contributed by atoms with Crippen molar-refractivity contribution in [2.45, 2.75) is 32.5 Å². The summed E-state index contributed by atoms with van der Waals surface area (Å²) in [5, 5.41) is 0. The molecule has 0 saturated carbocycles. The van der Waals surface area contributed by atoms with Gasteiger partial charge < -0.3 is 9.47 Å². The lowest BCUT2D eigenvalue weighted by atomic mass is 10.0. The van der Waals surface area contributed by atoms with Crippen molar-refractivity contribution in [3.8, 4) is 0 Å². The van der Waals surface area contributed by atoms with Gasteiger partial charge in [0, 0.05) is 11.5 Å². The van der Waals surface area contributed by atoms with E-state index in [0.29, 0.717) is 5.92 Å². The second-order valence-corrected chi connectivity index (χ2v) is 4.56. The highest BCUT2D eigenvalue weighted by Crippen LogP contribution is 2.27. The van der Waals surface area contributed by atoms with Crippen molar-refractivity contribution in [1.29, 1.82) is 0 Å². The molecule has 0 unspecified atom stereocenters. The summed E-state index contributed by atoms with van der Waals surface area (Å²) in [4.78, 5) is 0. The molecule has 1 saturated heterocycles. The van der Waals surface area contributed by atoms with Crippen LogP contribution in [0.2, 0.25) is 0 Å². The first-order valence-electron chi connectivity index (χ1n) is 6.28. The van der Waals surface area contributed by atoms with Gasteiger partial charge in [0.1, 0.15) is 5.82 Å². The Labute approximate surface area is 102 Å². The normalized spacial score (nSPS) is 24.8. The van der Waals surface area contributed by atoms with Crippen LogP contribution < -0.4 is 0 Å². The Morgan fingerprint density at radius 3 is 2.41 bits per heavy atom. The lowest BCUT2D eigenvalue weighted by molar-refractivity contribution is -0.206. The van der Waals surface area contributed by atoms with E-state index in [2.05, 4.69) is 6.92 Å². The van der Waals surface area contributed by atoms with E-state index < -0.39 is 0 Å². The monoisotopic (exact) mass is 238 g/mol. The minimum Gasteiger partial charge on any atom is -0.348 e. The topological polar surface area (TPSA) is 18.5 Å². The molecule has 2 rings (SSSR count). The summed E-state index contributed by atoms with van der Waals surface area (Å²) in [5.41, 5.74) is 0.889. The van der Waals surface area contributed by atoms with E-state index in [1.807, 2.05) is 0 Å². The first kappa shape index (κ1) is 12.5. The van der Waals surface area contributed by atoms with Crippen molar-refractivity contribution in [2.24, 2.45) is 5.92 Å². The molecule has 0 amide bonds. The molecule has 1 aliphatic heterocycles. The highest BCUT2D eigenvalue weighted by Gasteiger charge is 2.22. The van der Waals surface area contributed by atoms with E-state index in [1.54, 1.807) is 12.1 Å². The van der Waals surface area contributed by atoms with Crippen molar-refractivity contribution in [1.82, 2.24) is 0 Å². The molecule has 0 aliphatic carbocycles. The third-order valence-electron chi connectivity index (χ3n) is 3.07. The fourth-order valence-electron chi connectivity index (χ4n) is 2.02. The standard InChI is InChI=1S/C14H19FO2/c1-2-3-4-11-9-16-14(17-10-11)12-5-7-13(15)8-6-12/h5-8,11,14H,2-4,9-10H2,1H3. The van der Waals surface area contributed by atoms with E-state index in [1.165, 1.54) is 25.0 Å². The number of hydrogen-bond donors (Lipinski definition) is 0. The van der Waals surface area contributed by atoms with Gasteiger partial charge >= 0.3 is 0 Å². The van der Waals surface area contributed by atoms with Gasteiger partial charge in [-0.15, -0.1) is 0 Å². The van der Waals surface area contributed by atoms with Crippen molar-refractivity contribution in [3.05, 3.63) is 35.6 Å². The average molecular weight is 238 g/mol. The van der Waals surface area contributed by atoms with Gasteiger partial charge in [0.05, 0.1) is 13.2 Å². The van der Waals surface area contributed by atoms with E-state index in [9.17, 15) is 4.39 Å². The summed E-state index contributed by atoms with van der Waals surface area (Å²) in [7, 11) is 0. The van der Waals surface area contributed by atoms with Crippen LogP contribution in [0.3, 0.4) is 0 Å². The molecule has 0 aromatic heterocycles. The van der Waals surface area contributed by atoms with Gasteiger partial charge in [-0.1, -0.05) is 31.9 Å². The minimum absolute atomic E-state index is 0.231. The summed E-state index contributed by atoms with van der Waals surface area (Å²) in [6, 6.07) is 6.30. The predicted octanol–water partition coefficient (Wildman–Crippen LogP) is 3.68. The smallest absolute Gasteiger partial charge is 0.183 e. The first-order chi connectivity index (χ1) is 8.29. The zero-order valence-corrected chi connectivity index (χ0v) is 10.2. The number of unbranched alkanes of at least 4 members (excludes halogenated alkanes) is 1. The van der Waals surface area contributed by atoms with Crippen LogP contribution in [0.5, 0.6) is 0 Å². The van der Waals surface area contributed by atoms with E-state index in [-0.39, 0.29) is 12.1 Å². The van der Waals surface area contributed by atoms with Crippen LogP contribution in [-0.4, -0.2) is 13.2 Å². The number of benzene rings is 1. The lowest BCUT2D eigenvalue weighted by Gasteiger charge is -2.29. The van der Waals surface area contributed by atoms with E-state index in [4.69, 9.17) is 9.47 Å². The lowest BCUT2D eigenvalue weighted by Crippen LogP contribution is -2.27. The Bertz CT molecular complexity index is 329. The van der Waals surface area contributed by atoms with Gasteiger partial charge in [-0.05, 0) is 18.6 Å². The molecule has 0 N–H and O–H groups in total. The Morgan fingerprint density at radius 2 is 1.82 bits per heavy atom. The molecule has 1 aromatic rings. The van der Waals surface area contributed by atoms with Crippen molar-refractivity contribution < 1.29 is 13.9 Å². The molecule has 2 nitrogen and oxygen atoms in total. The quantitative estimate of drug-likeness (QED) is 0.796. The van der Waals surface area contributed by atoms with Gasteiger partial charge in [0.15, 0.2) is 6.29 Å². The van der Waals surface area contributed by atoms with Gasteiger partial charge in [-0.2, -0.15) is 0 Å². The van der Waals surface area contributed by atoms with Crippen molar-refractivity contribution in [3.63, 3.8) is 0 Å². The fraction of sp³-hybridized carbons (Fsp3) is 0.571. The summed E-state index contributed by atoms with van der Waals surface area (Å²) < 4.78 is 24.1. The van der Waals surface area contributed by atoms with Crippen LogP contribution >= 0.6 is 0 Å². The van der Waals surface area contributed by atoms with Crippen molar-refractivity contribution >= 4 is 0 Å². The second kappa shape index (κ2) is 6.12. The van der Waals surface area contributed by atoms with Gasteiger partial charge in [-0.25, -0.2) is 4.39 Å². The first-order valence-corrected chi connectivity index (χ1v) is 6.28. The molecule has 1 heterocycles. The summed E-state index contributed by atoms with van der Waals surface area (Å²) >= 11 is 0. The van der Waals surface area contributed by atoms with Gasteiger partial charge in [0.25, 0.3) is 0 Å². The van der Waals surface area contributed by atoms with Crippen LogP contribution in [-0.2, 0) is 9.47 Å². The maximum atomic E-state index is 12.8. The zero-order chi connectivity index (χ0) is 12.1. The molecule has 0 bridgehead atoms. The van der Waals surface area contributed by atoms with Gasteiger partial charge in [-0.3, -0.25) is 0 Å². The number of rotatable bonds is 4. The highest BCUT2D eigenvalue weighted by atomic mass is 19.1. The third-order valence-corrected chi connectivity index (χ3v) is 3.07. The Morgan fingerprint density at radius 1 is 1.18 bits per heavy atom. The van der Waals surface area contributed by atoms with Crippen LogP contribution in [0.15, 0.2) is 24.3 Å². The third kappa shape index (κ3) is 3.51. The molecule has 0 atom stereocenters. The van der Waals surface area contributed by atoms with Crippen LogP contribution in [0, 0.1) is 11.7 Å². The number of ether oxygens (including phenoxy) is 2. The van der Waals surface area contributed by atoms with Crippen LogP contribution in [0.1, 0.15) is 38.0 Å². The Balaban J connectivity index is 1.84. The molecule has 94 valence electrons. The van der Waals surface area contributed by atoms with Crippen LogP contribution in [0.4, 0.5) is 4.39 Å². The van der Waals surface area contributed by atoms with E-state index in [0.717, 1.165) is 25.2 Å². The second-order valence-electron chi connectivity index (χ2n) is 4.56. The average Bonchev–Trinajstić information content (AvgIpc) is 2.38. The summed E-state index contributed by atoms with van der Waals surface area (Å²) in [6.07, 6.45) is 3.26. The molecule has 17 heavy (non-hydrogen) atoms. The van der Waals surface area contributed by atoms with Crippen LogP contribution in [0.25, 0.3) is 0 Å². The predicted molar refractivity (Wildman–Crippen MR) is 64.1 cm³/mol. The zero-order valence-electron chi connectivity index (χ0n) is 10.2. The minimum atomic E-state index is -0.325. The number of halogens is 1. The van der Waals surface area contributed by atoms with Gasteiger partial charge in [0.2, 0.25) is 0 Å². The molecule has 1 aromatic carbocycles. The summed E-state index contributed by atoms with van der Waals surface area (Å²) in [5.74, 6) is 0.275. The molecule has 3 heteroatoms. The largest absolute Gasteiger partial charge is 0.348 e. The molecule has 0 spiro atoms. The fourth-order valence-corrected chi connectivity index (χ4v) is 2.02. The maximum absolute atomic E-state index is 12.8. The molecule has 0 radical (unpaired) electrons. The molecular weight excluding hydrogens is 219 g/mol. The number of hydrogen-bond acceptors (Lipinski definition) is 2. The van der Waals surface area contributed by atoms with E-state index >= 15 is 0 Å². The van der Waals surface area contributed by atoms with Crippen molar-refractivity contribution in [2.75, 3.05) is 13.2 Å². The Hall–Kier alpha value is -0.930. The molecular formula is C14H19FO2.